The molecule has 0 amide bonds. The van der Waals surface area contributed by atoms with Crippen LogP contribution in [0.15, 0.2) is 24.7 Å². The van der Waals surface area contributed by atoms with E-state index in [1.165, 1.54) is 11.1 Å². The summed E-state index contributed by atoms with van der Waals surface area (Å²) in [5.74, 6) is 0.942. The van der Waals surface area contributed by atoms with Crippen molar-refractivity contribution >= 4 is 5.95 Å². The van der Waals surface area contributed by atoms with Crippen molar-refractivity contribution in [3.63, 3.8) is 0 Å². The summed E-state index contributed by atoms with van der Waals surface area (Å²) in [6.45, 7) is 8.05. The summed E-state index contributed by atoms with van der Waals surface area (Å²) in [7, 11) is 0. The number of aryl methyl sites for hydroxylation is 3. The standard InChI is InChI=1S/C14H20N4/c1-4-7-18-10-12(3)17-14(18)16-9-13-8-15-6-5-11(13)2/h5-6,8,10H,4,7,9H2,1-3H3,(H,16,17). The van der Waals surface area contributed by atoms with Gasteiger partial charge in [-0.1, -0.05) is 6.92 Å². The fourth-order valence-electron chi connectivity index (χ4n) is 1.96. The average Bonchev–Trinajstić information content (AvgIpc) is 2.69. The number of imidazole rings is 1. The molecule has 0 aromatic carbocycles. The van der Waals surface area contributed by atoms with Crippen LogP contribution in [0.1, 0.15) is 30.2 Å². The van der Waals surface area contributed by atoms with Gasteiger partial charge in [0.05, 0.1) is 5.69 Å². The van der Waals surface area contributed by atoms with E-state index in [2.05, 4.69) is 39.9 Å². The SMILES string of the molecule is CCCn1cc(C)nc1NCc1cnccc1C. The van der Waals surface area contributed by atoms with Crippen molar-refractivity contribution in [3.05, 3.63) is 41.5 Å². The van der Waals surface area contributed by atoms with E-state index in [-0.39, 0.29) is 0 Å². The zero-order valence-corrected chi connectivity index (χ0v) is 11.3. The van der Waals surface area contributed by atoms with Crippen molar-refractivity contribution in [3.8, 4) is 0 Å². The molecule has 0 aliphatic carbocycles. The largest absolute Gasteiger partial charge is 0.352 e. The Labute approximate surface area is 108 Å². The van der Waals surface area contributed by atoms with Crippen LogP contribution in [-0.2, 0) is 13.1 Å². The van der Waals surface area contributed by atoms with Gasteiger partial charge < -0.3 is 9.88 Å². The second-order valence-electron chi connectivity index (χ2n) is 4.55. The van der Waals surface area contributed by atoms with Gasteiger partial charge in [0.25, 0.3) is 0 Å². The number of hydrogen-bond donors (Lipinski definition) is 1. The summed E-state index contributed by atoms with van der Waals surface area (Å²) in [6, 6.07) is 2.03. The maximum Gasteiger partial charge on any atom is 0.203 e. The van der Waals surface area contributed by atoms with Gasteiger partial charge in [-0.05, 0) is 37.5 Å². The van der Waals surface area contributed by atoms with E-state index in [1.807, 2.05) is 25.4 Å². The first-order valence-electron chi connectivity index (χ1n) is 6.38. The van der Waals surface area contributed by atoms with Crippen LogP contribution in [0, 0.1) is 13.8 Å². The summed E-state index contributed by atoms with van der Waals surface area (Å²) < 4.78 is 2.17. The maximum atomic E-state index is 4.51. The molecule has 96 valence electrons. The Balaban J connectivity index is 2.08. The molecule has 2 rings (SSSR count). The van der Waals surface area contributed by atoms with Gasteiger partial charge in [0, 0.05) is 31.7 Å². The van der Waals surface area contributed by atoms with Crippen molar-refractivity contribution in [2.75, 3.05) is 5.32 Å². The van der Waals surface area contributed by atoms with Gasteiger partial charge in [0.2, 0.25) is 5.95 Å². The number of rotatable bonds is 5. The Kier molecular flexibility index (Phi) is 3.97. The van der Waals surface area contributed by atoms with Crippen LogP contribution < -0.4 is 5.32 Å². The molecular weight excluding hydrogens is 224 g/mol. The molecule has 1 N–H and O–H groups in total. The molecule has 0 aliphatic heterocycles. The minimum Gasteiger partial charge on any atom is -0.352 e. The maximum absolute atomic E-state index is 4.51. The van der Waals surface area contributed by atoms with Crippen molar-refractivity contribution in [1.82, 2.24) is 14.5 Å². The molecule has 2 heterocycles. The molecule has 0 unspecified atom stereocenters. The lowest BCUT2D eigenvalue weighted by atomic mass is 10.2. The summed E-state index contributed by atoms with van der Waals surface area (Å²) in [6.07, 6.45) is 6.92. The Morgan fingerprint density at radius 3 is 2.89 bits per heavy atom. The average molecular weight is 244 g/mol. The van der Waals surface area contributed by atoms with E-state index in [4.69, 9.17) is 0 Å². The Morgan fingerprint density at radius 1 is 1.33 bits per heavy atom. The van der Waals surface area contributed by atoms with E-state index in [0.29, 0.717) is 0 Å². The zero-order chi connectivity index (χ0) is 13.0. The summed E-state index contributed by atoms with van der Waals surface area (Å²) in [5, 5.41) is 3.39. The molecule has 4 heteroatoms. The highest BCUT2D eigenvalue weighted by Crippen LogP contribution is 2.12. The molecule has 0 spiro atoms. The number of hydrogen-bond acceptors (Lipinski definition) is 3. The zero-order valence-electron chi connectivity index (χ0n) is 11.3. The first-order chi connectivity index (χ1) is 8.70. The monoisotopic (exact) mass is 244 g/mol. The fourth-order valence-corrected chi connectivity index (χ4v) is 1.96. The lowest BCUT2D eigenvalue weighted by molar-refractivity contribution is 0.681. The van der Waals surface area contributed by atoms with Crippen molar-refractivity contribution in [2.24, 2.45) is 0 Å². The van der Waals surface area contributed by atoms with Crippen molar-refractivity contribution in [2.45, 2.75) is 40.3 Å². The van der Waals surface area contributed by atoms with Crippen LogP contribution in [-0.4, -0.2) is 14.5 Å². The topological polar surface area (TPSA) is 42.7 Å². The van der Waals surface area contributed by atoms with Gasteiger partial charge in [0.1, 0.15) is 0 Å². The van der Waals surface area contributed by atoms with Gasteiger partial charge >= 0.3 is 0 Å². The van der Waals surface area contributed by atoms with E-state index in [9.17, 15) is 0 Å². The predicted octanol–water partition coefficient (Wildman–Crippen LogP) is 2.92. The molecule has 4 nitrogen and oxygen atoms in total. The highest BCUT2D eigenvalue weighted by molar-refractivity contribution is 5.32. The third kappa shape index (κ3) is 2.88. The number of anilines is 1. The normalized spacial score (nSPS) is 10.6. The van der Waals surface area contributed by atoms with Gasteiger partial charge in [-0.2, -0.15) is 0 Å². The smallest absolute Gasteiger partial charge is 0.203 e. The summed E-state index contributed by atoms with van der Waals surface area (Å²) >= 11 is 0. The molecule has 0 saturated carbocycles. The number of nitrogens with zero attached hydrogens (tertiary/aromatic N) is 3. The van der Waals surface area contributed by atoms with E-state index in [1.54, 1.807) is 0 Å². The highest BCUT2D eigenvalue weighted by Gasteiger charge is 2.05. The predicted molar refractivity (Wildman–Crippen MR) is 73.6 cm³/mol. The van der Waals surface area contributed by atoms with Crippen LogP contribution in [0.4, 0.5) is 5.95 Å². The molecule has 0 fully saturated rings. The minimum absolute atomic E-state index is 0.764. The summed E-state index contributed by atoms with van der Waals surface area (Å²) in [4.78, 5) is 8.66. The number of pyridine rings is 1. The van der Waals surface area contributed by atoms with Gasteiger partial charge in [-0.3, -0.25) is 4.98 Å². The minimum atomic E-state index is 0.764. The molecule has 0 saturated heterocycles. The molecule has 2 aromatic heterocycles. The molecule has 0 atom stereocenters. The van der Waals surface area contributed by atoms with Crippen LogP contribution in [0.5, 0.6) is 0 Å². The molecule has 2 aromatic rings. The molecular formula is C14H20N4. The van der Waals surface area contributed by atoms with Crippen LogP contribution in [0.3, 0.4) is 0 Å². The van der Waals surface area contributed by atoms with Crippen molar-refractivity contribution < 1.29 is 0 Å². The quantitative estimate of drug-likeness (QED) is 0.879. The third-order valence-corrected chi connectivity index (χ3v) is 2.95. The lowest BCUT2D eigenvalue weighted by Crippen LogP contribution is -2.08. The van der Waals surface area contributed by atoms with E-state index in [0.717, 1.165) is 31.2 Å². The van der Waals surface area contributed by atoms with Crippen LogP contribution >= 0.6 is 0 Å². The number of nitrogens with one attached hydrogen (secondary N) is 1. The number of aromatic nitrogens is 3. The molecule has 0 aliphatic rings. The first-order valence-corrected chi connectivity index (χ1v) is 6.38. The van der Waals surface area contributed by atoms with Gasteiger partial charge in [-0.15, -0.1) is 0 Å². The Morgan fingerprint density at radius 2 is 2.17 bits per heavy atom. The second kappa shape index (κ2) is 5.67. The first kappa shape index (κ1) is 12.6. The lowest BCUT2D eigenvalue weighted by Gasteiger charge is -2.09. The summed E-state index contributed by atoms with van der Waals surface area (Å²) in [5.41, 5.74) is 3.51. The van der Waals surface area contributed by atoms with E-state index >= 15 is 0 Å². The Bertz CT molecular complexity index is 516. The van der Waals surface area contributed by atoms with Crippen LogP contribution in [0.25, 0.3) is 0 Å². The van der Waals surface area contributed by atoms with E-state index < -0.39 is 0 Å². The second-order valence-corrected chi connectivity index (χ2v) is 4.55. The van der Waals surface area contributed by atoms with Crippen molar-refractivity contribution in [1.29, 1.82) is 0 Å². The highest BCUT2D eigenvalue weighted by atomic mass is 15.2. The third-order valence-electron chi connectivity index (χ3n) is 2.95. The fraction of sp³-hybridized carbons (Fsp3) is 0.429. The molecule has 18 heavy (non-hydrogen) atoms. The Hall–Kier alpha value is -1.84. The molecule has 0 bridgehead atoms. The van der Waals surface area contributed by atoms with Gasteiger partial charge in [0.15, 0.2) is 0 Å². The molecule has 0 radical (unpaired) electrons. The van der Waals surface area contributed by atoms with Crippen LogP contribution in [0.2, 0.25) is 0 Å². The van der Waals surface area contributed by atoms with Gasteiger partial charge in [-0.25, -0.2) is 4.98 Å².